The van der Waals surface area contributed by atoms with E-state index in [0.29, 0.717) is 11.0 Å². The van der Waals surface area contributed by atoms with Gasteiger partial charge in [-0.15, -0.1) is 0 Å². The van der Waals surface area contributed by atoms with Crippen LogP contribution in [0.25, 0.3) is 0 Å². The maximum Gasteiger partial charge on any atom is 0.339 e. The van der Waals surface area contributed by atoms with E-state index in [-0.39, 0.29) is 5.97 Å². The highest BCUT2D eigenvalue weighted by atomic mass is 16.5. The monoisotopic (exact) mass is 335 g/mol. The largest absolute Gasteiger partial charge is 0.465 e. The molecule has 0 saturated carbocycles. The van der Waals surface area contributed by atoms with E-state index in [1.54, 1.807) is 0 Å². The van der Waals surface area contributed by atoms with Gasteiger partial charge < -0.3 is 9.30 Å². The van der Waals surface area contributed by atoms with Gasteiger partial charge in [-0.3, -0.25) is 0 Å². The summed E-state index contributed by atoms with van der Waals surface area (Å²) >= 11 is 0. The summed E-state index contributed by atoms with van der Waals surface area (Å²) < 4.78 is 6.85. The third-order valence-electron chi connectivity index (χ3n) is 4.93. The minimum Gasteiger partial charge on any atom is -0.465 e. The van der Waals surface area contributed by atoms with E-state index >= 15 is 0 Å². The molecule has 0 aliphatic carbocycles. The molecule has 1 heterocycles. The van der Waals surface area contributed by atoms with Gasteiger partial charge in [-0.05, 0) is 24.3 Å². The highest BCUT2D eigenvalue weighted by molar-refractivity contribution is 5.89. The second-order valence-corrected chi connectivity index (χ2v) is 7.77. The topological polar surface area (TPSA) is 31.2 Å². The van der Waals surface area contributed by atoms with Crippen molar-refractivity contribution < 1.29 is 9.53 Å². The second-order valence-electron chi connectivity index (χ2n) is 7.77. The van der Waals surface area contributed by atoms with E-state index in [2.05, 4.69) is 25.3 Å². The molecule has 0 radical (unpaired) electrons. The van der Waals surface area contributed by atoms with Gasteiger partial charge in [0.1, 0.15) is 0 Å². The lowest BCUT2D eigenvalue weighted by Crippen LogP contribution is -2.14. The van der Waals surface area contributed by atoms with E-state index in [1.165, 1.54) is 64.9 Å². The first-order chi connectivity index (χ1) is 11.5. The SMILES string of the molecule is CCCCCCCCCCC(C)(C)CCn1ccc(C(=O)OC)c1. The Bertz CT molecular complexity index is 462. The predicted molar refractivity (Wildman–Crippen MR) is 101 cm³/mol. The Kier molecular flexibility index (Phi) is 9.82. The maximum absolute atomic E-state index is 11.5. The lowest BCUT2D eigenvalue weighted by atomic mass is 9.83. The number of aryl methyl sites for hydroxylation is 1. The lowest BCUT2D eigenvalue weighted by Gasteiger charge is -2.25. The van der Waals surface area contributed by atoms with Crippen LogP contribution >= 0.6 is 0 Å². The molecule has 1 rings (SSSR count). The molecular formula is C21H37NO2. The van der Waals surface area contributed by atoms with E-state index in [9.17, 15) is 4.79 Å². The van der Waals surface area contributed by atoms with Crippen molar-refractivity contribution in [3.8, 4) is 0 Å². The van der Waals surface area contributed by atoms with Crippen LogP contribution in [0.15, 0.2) is 18.5 Å². The van der Waals surface area contributed by atoms with Gasteiger partial charge in [0, 0.05) is 18.9 Å². The van der Waals surface area contributed by atoms with Gasteiger partial charge in [0.2, 0.25) is 0 Å². The first-order valence-electron chi connectivity index (χ1n) is 9.72. The van der Waals surface area contributed by atoms with Crippen molar-refractivity contribution in [3.63, 3.8) is 0 Å². The molecule has 0 spiro atoms. The molecule has 1 aromatic heterocycles. The summed E-state index contributed by atoms with van der Waals surface area (Å²) in [5.41, 5.74) is 0.996. The molecule has 138 valence electrons. The Morgan fingerprint density at radius 3 is 2.29 bits per heavy atom. The van der Waals surface area contributed by atoms with Crippen LogP contribution in [0.5, 0.6) is 0 Å². The van der Waals surface area contributed by atoms with Gasteiger partial charge in [0.05, 0.1) is 12.7 Å². The molecule has 0 atom stereocenters. The average Bonchev–Trinajstić information content (AvgIpc) is 3.04. The van der Waals surface area contributed by atoms with Crippen molar-refractivity contribution in [2.75, 3.05) is 7.11 Å². The minimum atomic E-state index is -0.257. The third kappa shape index (κ3) is 8.56. The fourth-order valence-electron chi connectivity index (χ4n) is 3.11. The van der Waals surface area contributed by atoms with E-state index in [0.717, 1.165) is 13.0 Å². The molecular weight excluding hydrogens is 298 g/mol. The highest BCUT2D eigenvalue weighted by Crippen LogP contribution is 2.29. The van der Waals surface area contributed by atoms with Gasteiger partial charge in [-0.1, -0.05) is 72.1 Å². The van der Waals surface area contributed by atoms with Gasteiger partial charge in [0.25, 0.3) is 0 Å². The molecule has 0 saturated heterocycles. The lowest BCUT2D eigenvalue weighted by molar-refractivity contribution is 0.0600. The zero-order chi connectivity index (χ0) is 17.8. The Balaban J connectivity index is 2.17. The molecule has 0 aliphatic rings. The Morgan fingerprint density at radius 2 is 1.67 bits per heavy atom. The number of esters is 1. The molecule has 0 unspecified atom stereocenters. The van der Waals surface area contributed by atoms with Crippen LogP contribution in [0.3, 0.4) is 0 Å². The van der Waals surface area contributed by atoms with E-state index in [1.807, 2.05) is 18.5 Å². The Hall–Kier alpha value is -1.25. The summed E-state index contributed by atoms with van der Waals surface area (Å²) in [5.74, 6) is -0.257. The quantitative estimate of drug-likeness (QED) is 0.316. The molecule has 0 N–H and O–H groups in total. The first kappa shape index (κ1) is 20.8. The Labute approximate surface area is 148 Å². The number of hydrogen-bond acceptors (Lipinski definition) is 2. The van der Waals surface area contributed by atoms with Gasteiger partial charge in [-0.2, -0.15) is 0 Å². The van der Waals surface area contributed by atoms with Crippen molar-refractivity contribution >= 4 is 5.97 Å². The van der Waals surface area contributed by atoms with Gasteiger partial charge in [0.15, 0.2) is 0 Å². The van der Waals surface area contributed by atoms with Crippen molar-refractivity contribution in [1.29, 1.82) is 0 Å². The van der Waals surface area contributed by atoms with Crippen molar-refractivity contribution in [2.24, 2.45) is 5.41 Å². The van der Waals surface area contributed by atoms with Gasteiger partial charge >= 0.3 is 5.97 Å². The number of aromatic nitrogens is 1. The van der Waals surface area contributed by atoms with Crippen molar-refractivity contribution in [3.05, 3.63) is 24.0 Å². The number of carbonyl (C=O) groups is 1. The summed E-state index contributed by atoms with van der Waals surface area (Å²) in [6.45, 7) is 7.95. The Morgan fingerprint density at radius 1 is 1.04 bits per heavy atom. The fourth-order valence-corrected chi connectivity index (χ4v) is 3.11. The zero-order valence-corrected chi connectivity index (χ0v) is 16.3. The highest BCUT2D eigenvalue weighted by Gasteiger charge is 2.17. The van der Waals surface area contributed by atoms with Gasteiger partial charge in [-0.25, -0.2) is 4.79 Å². The molecule has 3 heteroatoms. The zero-order valence-electron chi connectivity index (χ0n) is 16.3. The molecule has 0 aromatic carbocycles. The smallest absolute Gasteiger partial charge is 0.339 e. The minimum absolute atomic E-state index is 0.257. The second kappa shape index (κ2) is 11.3. The van der Waals surface area contributed by atoms with E-state index < -0.39 is 0 Å². The number of hydrogen-bond donors (Lipinski definition) is 0. The molecule has 0 fully saturated rings. The van der Waals surface area contributed by atoms with Crippen LogP contribution in [0.2, 0.25) is 0 Å². The first-order valence-corrected chi connectivity index (χ1v) is 9.72. The van der Waals surface area contributed by atoms with E-state index in [4.69, 9.17) is 4.74 Å². The number of ether oxygens (including phenoxy) is 1. The van der Waals surface area contributed by atoms with Crippen LogP contribution in [0, 0.1) is 5.41 Å². The maximum atomic E-state index is 11.5. The average molecular weight is 336 g/mol. The van der Waals surface area contributed by atoms with Crippen molar-refractivity contribution in [2.45, 2.75) is 91.5 Å². The predicted octanol–water partition coefficient (Wildman–Crippen LogP) is 6.22. The molecule has 24 heavy (non-hydrogen) atoms. The summed E-state index contributed by atoms with van der Waals surface area (Å²) in [6.07, 6.45) is 17.3. The standard InChI is InChI=1S/C21H37NO2/c1-5-6-7-8-9-10-11-12-14-21(2,3)15-17-22-16-13-19(18-22)20(23)24-4/h13,16,18H,5-12,14-15,17H2,1-4H3. The molecule has 0 aliphatic heterocycles. The normalized spacial score (nSPS) is 11.7. The molecule has 1 aromatic rings. The van der Waals surface area contributed by atoms with Crippen LogP contribution in [0.4, 0.5) is 0 Å². The van der Waals surface area contributed by atoms with Crippen LogP contribution in [-0.4, -0.2) is 17.6 Å². The third-order valence-corrected chi connectivity index (χ3v) is 4.93. The number of unbranched alkanes of at least 4 members (excludes halogenated alkanes) is 7. The van der Waals surface area contributed by atoms with Crippen LogP contribution < -0.4 is 0 Å². The molecule has 0 bridgehead atoms. The number of carbonyl (C=O) groups excluding carboxylic acids is 1. The summed E-state index contributed by atoms with van der Waals surface area (Å²) in [4.78, 5) is 11.5. The number of methoxy groups -OCH3 is 1. The van der Waals surface area contributed by atoms with Crippen molar-refractivity contribution in [1.82, 2.24) is 4.57 Å². The number of nitrogens with zero attached hydrogens (tertiary/aromatic N) is 1. The molecule has 0 amide bonds. The summed E-state index contributed by atoms with van der Waals surface area (Å²) in [5, 5.41) is 0. The van der Waals surface area contributed by atoms with Crippen LogP contribution in [0.1, 0.15) is 95.3 Å². The fraction of sp³-hybridized carbons (Fsp3) is 0.762. The summed E-state index contributed by atoms with van der Waals surface area (Å²) in [7, 11) is 1.42. The van der Waals surface area contributed by atoms with Crippen LogP contribution in [-0.2, 0) is 11.3 Å². The summed E-state index contributed by atoms with van der Waals surface area (Å²) in [6, 6.07) is 1.83. The number of rotatable bonds is 13. The molecule has 3 nitrogen and oxygen atoms in total.